The zero-order valence-electron chi connectivity index (χ0n) is 12.3. The number of aldehydes is 1. The maximum atomic E-state index is 10.5. The first-order chi connectivity index (χ1) is 10.0. The summed E-state index contributed by atoms with van der Waals surface area (Å²) in [6, 6.07) is 0. The van der Waals surface area contributed by atoms with Crippen LogP contribution in [0.5, 0.6) is 0 Å². The van der Waals surface area contributed by atoms with Crippen LogP contribution in [0.2, 0.25) is 0 Å². The summed E-state index contributed by atoms with van der Waals surface area (Å²) >= 11 is 0. The fourth-order valence-electron chi connectivity index (χ4n) is 2.90. The zero-order chi connectivity index (χ0) is 15.8. The fourth-order valence-corrected chi connectivity index (χ4v) is 2.90. The third kappa shape index (κ3) is 5.28. The summed E-state index contributed by atoms with van der Waals surface area (Å²) in [5.41, 5.74) is 0. The molecule has 7 nitrogen and oxygen atoms in total. The van der Waals surface area contributed by atoms with Crippen LogP contribution < -0.4 is 0 Å². The number of hydrogen-bond acceptors (Lipinski definition) is 7. The van der Waals surface area contributed by atoms with Crippen molar-refractivity contribution >= 4 is 6.29 Å². The Hall–Kier alpha value is -0.570. The molecule has 6 atom stereocenters. The second-order valence-corrected chi connectivity index (χ2v) is 5.46. The van der Waals surface area contributed by atoms with E-state index >= 15 is 0 Å². The zero-order valence-corrected chi connectivity index (χ0v) is 12.3. The quantitative estimate of drug-likeness (QED) is 0.304. The molecule has 0 spiro atoms. The molecule has 0 aromatic carbocycles. The Labute approximate surface area is 124 Å². The second kappa shape index (κ2) is 9.45. The molecule has 0 radical (unpaired) electrons. The van der Waals surface area contributed by atoms with E-state index in [1.807, 2.05) is 0 Å². The van der Waals surface area contributed by atoms with Crippen molar-refractivity contribution < 1.29 is 34.7 Å². The van der Waals surface area contributed by atoms with Crippen molar-refractivity contribution in [2.24, 2.45) is 11.8 Å². The van der Waals surface area contributed by atoms with E-state index in [4.69, 9.17) is 14.6 Å². The second-order valence-electron chi connectivity index (χ2n) is 5.46. The monoisotopic (exact) mass is 306 g/mol. The van der Waals surface area contributed by atoms with Crippen LogP contribution in [0.15, 0.2) is 0 Å². The first-order valence-electron chi connectivity index (χ1n) is 7.28. The minimum atomic E-state index is -0.854. The molecule has 1 aliphatic rings. The van der Waals surface area contributed by atoms with Crippen molar-refractivity contribution in [3.8, 4) is 0 Å². The van der Waals surface area contributed by atoms with Crippen molar-refractivity contribution in [3.63, 3.8) is 0 Å². The van der Waals surface area contributed by atoms with Crippen molar-refractivity contribution in [2.75, 3.05) is 20.3 Å². The van der Waals surface area contributed by atoms with E-state index in [0.29, 0.717) is 12.8 Å². The van der Waals surface area contributed by atoms with Crippen LogP contribution in [0.1, 0.15) is 25.7 Å². The van der Waals surface area contributed by atoms with Crippen LogP contribution in [0.4, 0.5) is 0 Å². The predicted molar refractivity (Wildman–Crippen MR) is 73.4 cm³/mol. The van der Waals surface area contributed by atoms with Gasteiger partial charge in [0.15, 0.2) is 6.29 Å². The Balaban J connectivity index is 2.60. The number of rotatable bonds is 10. The Morgan fingerprint density at radius 1 is 1.33 bits per heavy atom. The number of hydrogen-bond donors (Lipinski definition) is 4. The highest BCUT2D eigenvalue weighted by molar-refractivity contribution is 5.49. The molecular formula is C14H26O7. The topological polar surface area (TPSA) is 116 Å². The average molecular weight is 306 g/mol. The minimum absolute atomic E-state index is 0.167. The fraction of sp³-hybridized carbons (Fsp3) is 0.929. The molecule has 0 saturated heterocycles. The van der Waals surface area contributed by atoms with Crippen molar-refractivity contribution in [3.05, 3.63) is 0 Å². The molecular weight excluding hydrogens is 280 g/mol. The summed E-state index contributed by atoms with van der Waals surface area (Å²) in [5.74, 6) is -0.686. The highest BCUT2D eigenvalue weighted by Gasteiger charge is 2.46. The molecule has 2 unspecified atom stereocenters. The van der Waals surface area contributed by atoms with Crippen LogP contribution in [0.3, 0.4) is 0 Å². The smallest absolute Gasteiger partial charge is 0.162 e. The lowest BCUT2D eigenvalue weighted by atomic mass is 9.89. The number of methoxy groups -OCH3 is 1. The minimum Gasteiger partial charge on any atom is -0.394 e. The molecule has 1 fully saturated rings. The van der Waals surface area contributed by atoms with E-state index in [1.165, 1.54) is 7.11 Å². The molecule has 21 heavy (non-hydrogen) atoms. The summed E-state index contributed by atoms with van der Waals surface area (Å²) < 4.78 is 10.8. The van der Waals surface area contributed by atoms with Gasteiger partial charge in [-0.3, -0.25) is 0 Å². The van der Waals surface area contributed by atoms with Crippen LogP contribution in [0, 0.1) is 11.8 Å². The summed E-state index contributed by atoms with van der Waals surface area (Å²) in [7, 11) is 1.45. The highest BCUT2D eigenvalue weighted by atomic mass is 16.7. The molecule has 0 heterocycles. The van der Waals surface area contributed by atoms with Crippen molar-refractivity contribution in [2.45, 2.75) is 50.3 Å². The van der Waals surface area contributed by atoms with Gasteiger partial charge in [0.25, 0.3) is 0 Å². The van der Waals surface area contributed by atoms with Crippen LogP contribution in [-0.4, -0.2) is 71.6 Å². The molecule has 1 aliphatic carbocycles. The molecule has 7 heteroatoms. The third-order valence-electron chi connectivity index (χ3n) is 4.02. The molecule has 0 aromatic rings. The maximum Gasteiger partial charge on any atom is 0.162 e. The molecule has 124 valence electrons. The van der Waals surface area contributed by atoms with Gasteiger partial charge in [0.2, 0.25) is 0 Å². The van der Waals surface area contributed by atoms with E-state index < -0.39 is 30.5 Å². The summed E-state index contributed by atoms with van der Waals surface area (Å²) in [5, 5.41) is 38.1. The Morgan fingerprint density at radius 3 is 2.62 bits per heavy atom. The largest absolute Gasteiger partial charge is 0.394 e. The molecule has 0 aliphatic heterocycles. The van der Waals surface area contributed by atoms with Crippen molar-refractivity contribution in [1.29, 1.82) is 0 Å². The van der Waals surface area contributed by atoms with Gasteiger partial charge in [-0.25, -0.2) is 0 Å². The Kier molecular flexibility index (Phi) is 8.31. The van der Waals surface area contributed by atoms with Gasteiger partial charge in [-0.15, -0.1) is 0 Å². The number of carbonyl (C=O) groups is 1. The van der Waals surface area contributed by atoms with Crippen molar-refractivity contribution in [1.82, 2.24) is 0 Å². The normalized spacial score (nSPS) is 32.0. The van der Waals surface area contributed by atoms with Crippen LogP contribution in [-0.2, 0) is 14.3 Å². The summed E-state index contributed by atoms with van der Waals surface area (Å²) in [6.07, 6.45) is -0.975. The van der Waals surface area contributed by atoms with Crippen LogP contribution in [0.25, 0.3) is 0 Å². The van der Waals surface area contributed by atoms with E-state index in [1.54, 1.807) is 0 Å². The molecule has 4 N–H and O–H groups in total. The Morgan fingerprint density at radius 2 is 2.05 bits per heavy atom. The molecule has 0 amide bonds. The maximum absolute atomic E-state index is 10.5. The van der Waals surface area contributed by atoms with Gasteiger partial charge < -0.3 is 34.7 Å². The lowest BCUT2D eigenvalue weighted by Crippen LogP contribution is -2.37. The molecule has 0 aromatic heterocycles. The molecule has 1 rings (SSSR count). The summed E-state index contributed by atoms with van der Waals surface area (Å²) in [6.45, 7) is -0.173. The van der Waals surface area contributed by atoms with E-state index in [-0.39, 0.29) is 32.0 Å². The predicted octanol–water partition coefficient (Wildman–Crippen LogP) is -0.944. The van der Waals surface area contributed by atoms with Gasteiger partial charge in [0.1, 0.15) is 6.29 Å². The lowest BCUT2D eigenvalue weighted by Gasteiger charge is -2.30. The third-order valence-corrected chi connectivity index (χ3v) is 4.02. The molecule has 1 saturated carbocycles. The summed E-state index contributed by atoms with van der Waals surface area (Å²) in [4.78, 5) is 10.5. The van der Waals surface area contributed by atoms with Gasteiger partial charge in [0, 0.05) is 19.4 Å². The van der Waals surface area contributed by atoms with Gasteiger partial charge in [-0.1, -0.05) is 0 Å². The highest BCUT2D eigenvalue weighted by Crippen LogP contribution is 2.39. The van der Waals surface area contributed by atoms with E-state index in [2.05, 4.69) is 0 Å². The number of aliphatic hydroxyl groups is 4. The standard InChI is InChI=1S/C14H26O7/c1-20-14(21-6-4-9(17)8-16)13-10(3-2-5-15)11(18)7-12(13)19/h5,9-14,16-19H,2-4,6-8H2,1H3/t9?,10-,11-,12+,13+,14?/m1/s1. The van der Waals surface area contributed by atoms with Gasteiger partial charge in [0.05, 0.1) is 31.5 Å². The van der Waals surface area contributed by atoms with Crippen LogP contribution >= 0.6 is 0 Å². The van der Waals surface area contributed by atoms with E-state index in [0.717, 1.165) is 6.29 Å². The van der Waals surface area contributed by atoms with E-state index in [9.17, 15) is 20.1 Å². The average Bonchev–Trinajstić information content (AvgIpc) is 2.75. The number of ether oxygens (including phenoxy) is 2. The first-order valence-corrected chi connectivity index (χ1v) is 7.28. The van der Waals surface area contributed by atoms with Gasteiger partial charge in [-0.05, 0) is 25.2 Å². The van der Waals surface area contributed by atoms with Gasteiger partial charge in [-0.2, -0.15) is 0 Å². The first kappa shape index (κ1) is 18.5. The SMILES string of the molecule is COC(OCCC(O)CO)[C@H]1[C@H](CCC=O)[C@H](O)C[C@@H]1O. The Bertz CT molecular complexity index is 299. The lowest BCUT2D eigenvalue weighted by molar-refractivity contribution is -0.185. The number of carbonyl (C=O) groups excluding carboxylic acids is 1. The number of aliphatic hydroxyl groups excluding tert-OH is 4. The molecule has 0 bridgehead atoms. The van der Waals surface area contributed by atoms with Gasteiger partial charge >= 0.3 is 0 Å².